The largest absolute Gasteiger partial charge is 0.274 e. The van der Waals surface area contributed by atoms with Gasteiger partial charge in [0, 0.05) is 6.42 Å². The number of nitrogens with one attached hydrogen (secondary N) is 1. The zero-order valence-corrected chi connectivity index (χ0v) is 11.8. The molecule has 1 rings (SSSR count). The van der Waals surface area contributed by atoms with Gasteiger partial charge in [0.15, 0.2) is 0 Å². The lowest BCUT2D eigenvalue weighted by atomic mass is 9.90. The maximum Gasteiger partial charge on any atom is 0.235 e. The van der Waals surface area contributed by atoms with Gasteiger partial charge in [-0.15, -0.1) is 0 Å². The summed E-state index contributed by atoms with van der Waals surface area (Å²) in [6.07, 6.45) is 3.89. The van der Waals surface area contributed by atoms with Gasteiger partial charge in [-0.1, -0.05) is 20.8 Å². The smallest absolute Gasteiger partial charge is 0.235 e. The van der Waals surface area contributed by atoms with Crippen molar-refractivity contribution in [2.45, 2.75) is 52.9 Å². The van der Waals surface area contributed by atoms with Crippen LogP contribution in [0.1, 0.15) is 52.9 Å². The average Bonchev–Trinajstić information content (AvgIpc) is 2.82. The minimum Gasteiger partial charge on any atom is -0.274 e. The predicted molar refractivity (Wildman–Crippen MR) is 68.0 cm³/mol. The molecule has 1 aliphatic carbocycles. The maximum atomic E-state index is 11.5. The number of carbonyl (C=O) groups is 1. The fourth-order valence-corrected chi connectivity index (χ4v) is 3.13. The molecular formula is C12H23NO3S. The molecule has 0 spiro atoms. The van der Waals surface area contributed by atoms with Crippen LogP contribution < -0.4 is 4.72 Å². The van der Waals surface area contributed by atoms with E-state index in [0.717, 1.165) is 25.7 Å². The molecule has 0 aromatic rings. The molecule has 0 atom stereocenters. The van der Waals surface area contributed by atoms with E-state index in [1.807, 2.05) is 0 Å². The first-order valence-electron chi connectivity index (χ1n) is 6.21. The summed E-state index contributed by atoms with van der Waals surface area (Å²) in [5, 5.41) is 0. The summed E-state index contributed by atoms with van der Waals surface area (Å²) in [6, 6.07) is 0. The predicted octanol–water partition coefficient (Wildman–Crippen LogP) is 2.06. The third-order valence-electron chi connectivity index (χ3n) is 2.75. The van der Waals surface area contributed by atoms with Crippen LogP contribution in [-0.4, -0.2) is 20.1 Å². The molecule has 1 saturated carbocycles. The molecule has 100 valence electrons. The minimum absolute atomic E-state index is 0.109. The summed E-state index contributed by atoms with van der Waals surface area (Å²) in [6.45, 7) is 6.32. The maximum absolute atomic E-state index is 11.5. The monoisotopic (exact) mass is 261 g/mol. The van der Waals surface area contributed by atoms with E-state index in [0.29, 0.717) is 6.42 Å². The molecule has 17 heavy (non-hydrogen) atoms. The Balaban J connectivity index is 2.24. The number of carbonyl (C=O) groups excluding carboxylic acids is 1. The fourth-order valence-electron chi connectivity index (χ4n) is 1.64. The molecule has 0 heterocycles. The van der Waals surface area contributed by atoms with Crippen LogP contribution in [0.2, 0.25) is 0 Å². The first-order valence-corrected chi connectivity index (χ1v) is 7.86. The molecule has 1 aliphatic rings. The zero-order chi connectivity index (χ0) is 13.1. The Morgan fingerprint density at radius 1 is 1.29 bits per heavy atom. The second-order valence-corrected chi connectivity index (χ2v) is 7.93. The molecule has 1 N–H and O–H groups in total. The highest BCUT2D eigenvalue weighted by Crippen LogP contribution is 2.30. The molecule has 0 aliphatic heterocycles. The van der Waals surface area contributed by atoms with Crippen LogP contribution in [0.4, 0.5) is 0 Å². The van der Waals surface area contributed by atoms with E-state index in [-0.39, 0.29) is 23.0 Å². The number of amides is 1. The number of sulfonamides is 1. The molecule has 0 radical (unpaired) electrons. The minimum atomic E-state index is -3.38. The standard InChI is InChI=1S/C12H23NO3S/c1-12(2,3)8-4-5-11(14)13-17(15,16)9-10-6-7-10/h10H,4-9H2,1-3H3,(H,13,14). The van der Waals surface area contributed by atoms with Crippen molar-refractivity contribution in [2.75, 3.05) is 5.75 Å². The molecule has 4 nitrogen and oxygen atoms in total. The SMILES string of the molecule is CC(C)(C)CCCC(=O)NS(=O)(=O)CC1CC1. The summed E-state index contributed by atoms with van der Waals surface area (Å²) < 4.78 is 25.2. The van der Waals surface area contributed by atoms with Crippen molar-refractivity contribution in [2.24, 2.45) is 11.3 Å². The Hall–Kier alpha value is -0.580. The summed E-state index contributed by atoms with van der Waals surface area (Å²) in [7, 11) is -3.38. The van der Waals surface area contributed by atoms with Crippen molar-refractivity contribution in [3.05, 3.63) is 0 Å². The topological polar surface area (TPSA) is 63.2 Å². The van der Waals surface area contributed by atoms with Crippen LogP contribution >= 0.6 is 0 Å². The van der Waals surface area contributed by atoms with Crippen LogP contribution in [0.25, 0.3) is 0 Å². The van der Waals surface area contributed by atoms with Gasteiger partial charge in [-0.25, -0.2) is 8.42 Å². The molecule has 0 saturated heterocycles. The molecule has 5 heteroatoms. The molecule has 0 aromatic carbocycles. The van der Waals surface area contributed by atoms with Crippen molar-refractivity contribution < 1.29 is 13.2 Å². The Morgan fingerprint density at radius 2 is 1.88 bits per heavy atom. The Morgan fingerprint density at radius 3 is 2.35 bits per heavy atom. The van der Waals surface area contributed by atoms with Gasteiger partial charge in [-0.05, 0) is 37.0 Å². The summed E-state index contributed by atoms with van der Waals surface area (Å²) in [5.41, 5.74) is 0.188. The lowest BCUT2D eigenvalue weighted by Gasteiger charge is -2.17. The number of hydrogen-bond donors (Lipinski definition) is 1. The van der Waals surface area contributed by atoms with E-state index < -0.39 is 10.0 Å². The first kappa shape index (κ1) is 14.5. The van der Waals surface area contributed by atoms with Crippen LogP contribution in [0.15, 0.2) is 0 Å². The second kappa shape index (κ2) is 5.38. The summed E-state index contributed by atoms with van der Waals surface area (Å²) in [4.78, 5) is 11.5. The van der Waals surface area contributed by atoms with Gasteiger partial charge in [-0.3, -0.25) is 9.52 Å². The summed E-state index contributed by atoms with van der Waals surface area (Å²) in [5.74, 6) is 0.0163. The Kier molecular flexibility index (Phi) is 4.58. The van der Waals surface area contributed by atoms with E-state index in [2.05, 4.69) is 25.5 Å². The van der Waals surface area contributed by atoms with Gasteiger partial charge >= 0.3 is 0 Å². The van der Waals surface area contributed by atoms with Gasteiger partial charge < -0.3 is 0 Å². The Bertz CT molecular complexity index is 364. The molecular weight excluding hydrogens is 238 g/mol. The van der Waals surface area contributed by atoms with Crippen LogP contribution in [0.5, 0.6) is 0 Å². The Labute approximate surface area is 104 Å². The fraction of sp³-hybridized carbons (Fsp3) is 0.917. The first-order chi connectivity index (χ1) is 7.68. The molecule has 1 fully saturated rings. The van der Waals surface area contributed by atoms with E-state index in [9.17, 15) is 13.2 Å². The van der Waals surface area contributed by atoms with Crippen LogP contribution in [-0.2, 0) is 14.8 Å². The van der Waals surface area contributed by atoms with E-state index in [1.54, 1.807) is 0 Å². The lowest BCUT2D eigenvalue weighted by molar-refractivity contribution is -0.119. The molecule has 1 amide bonds. The number of rotatable bonds is 6. The van der Waals surface area contributed by atoms with Crippen molar-refractivity contribution in [3.63, 3.8) is 0 Å². The lowest BCUT2D eigenvalue weighted by Crippen LogP contribution is -2.33. The zero-order valence-electron chi connectivity index (χ0n) is 11.0. The van der Waals surface area contributed by atoms with Crippen molar-refractivity contribution in [1.82, 2.24) is 4.72 Å². The van der Waals surface area contributed by atoms with Gasteiger partial charge in [0.1, 0.15) is 0 Å². The normalized spacial score (nSPS) is 16.9. The molecule has 0 bridgehead atoms. The molecule has 0 unspecified atom stereocenters. The second-order valence-electron chi connectivity index (χ2n) is 6.16. The van der Waals surface area contributed by atoms with E-state index in [1.165, 1.54) is 0 Å². The summed E-state index contributed by atoms with van der Waals surface area (Å²) >= 11 is 0. The molecule has 0 aromatic heterocycles. The van der Waals surface area contributed by atoms with Crippen molar-refractivity contribution in [1.29, 1.82) is 0 Å². The van der Waals surface area contributed by atoms with Crippen LogP contribution in [0.3, 0.4) is 0 Å². The van der Waals surface area contributed by atoms with Gasteiger partial charge in [0.25, 0.3) is 0 Å². The third kappa shape index (κ3) is 7.36. The van der Waals surface area contributed by atoms with Crippen LogP contribution in [0, 0.1) is 11.3 Å². The number of hydrogen-bond acceptors (Lipinski definition) is 3. The van der Waals surface area contributed by atoms with Gasteiger partial charge in [0.05, 0.1) is 5.75 Å². The highest BCUT2D eigenvalue weighted by Gasteiger charge is 2.28. The van der Waals surface area contributed by atoms with Gasteiger partial charge in [0.2, 0.25) is 15.9 Å². The average molecular weight is 261 g/mol. The quantitative estimate of drug-likeness (QED) is 0.796. The van der Waals surface area contributed by atoms with Crippen molar-refractivity contribution in [3.8, 4) is 0 Å². The third-order valence-corrected chi connectivity index (χ3v) is 4.20. The highest BCUT2D eigenvalue weighted by molar-refractivity contribution is 7.90. The van der Waals surface area contributed by atoms with E-state index >= 15 is 0 Å². The van der Waals surface area contributed by atoms with Gasteiger partial charge in [-0.2, -0.15) is 0 Å². The van der Waals surface area contributed by atoms with Crippen molar-refractivity contribution >= 4 is 15.9 Å². The highest BCUT2D eigenvalue weighted by atomic mass is 32.2. The van der Waals surface area contributed by atoms with E-state index in [4.69, 9.17) is 0 Å².